The summed E-state index contributed by atoms with van der Waals surface area (Å²) in [6, 6.07) is 24.0. The van der Waals surface area contributed by atoms with Crippen LogP contribution in [0.4, 0.5) is 0 Å². The van der Waals surface area contributed by atoms with E-state index in [-0.39, 0.29) is 10.6 Å². The standard InChI is InChI=1S/C23H16Cl2N2O2S/c1-15-21(30-18-10-6-3-7-11-18)22(27(26-15)17-8-4-2-5-9-17)29-23(28)19-14-16(24)12-13-20(19)25/h2-14H,1H3. The van der Waals surface area contributed by atoms with Crippen molar-refractivity contribution in [2.75, 3.05) is 0 Å². The molecule has 4 rings (SSSR count). The molecular weight excluding hydrogens is 439 g/mol. The predicted molar refractivity (Wildman–Crippen MR) is 120 cm³/mol. The molecule has 0 bridgehead atoms. The Bertz CT molecular complexity index is 1190. The van der Waals surface area contributed by atoms with Gasteiger partial charge in [-0.1, -0.05) is 71.4 Å². The zero-order valence-corrected chi connectivity index (χ0v) is 18.2. The van der Waals surface area contributed by atoms with Crippen molar-refractivity contribution in [2.24, 2.45) is 0 Å². The Kier molecular flexibility index (Phi) is 6.13. The van der Waals surface area contributed by atoms with Crippen LogP contribution in [0.5, 0.6) is 5.88 Å². The Morgan fingerprint density at radius 3 is 2.33 bits per heavy atom. The minimum absolute atomic E-state index is 0.193. The van der Waals surface area contributed by atoms with Crippen molar-refractivity contribution in [1.29, 1.82) is 0 Å². The monoisotopic (exact) mass is 454 g/mol. The number of nitrogens with zero attached hydrogens (tertiary/aromatic N) is 2. The maximum absolute atomic E-state index is 13.0. The second kappa shape index (κ2) is 8.96. The Balaban J connectivity index is 1.79. The second-order valence-corrected chi connectivity index (χ2v) is 8.32. The average molecular weight is 455 g/mol. The third kappa shape index (κ3) is 4.38. The van der Waals surface area contributed by atoms with Crippen LogP contribution in [0.1, 0.15) is 16.1 Å². The molecule has 0 N–H and O–H groups in total. The van der Waals surface area contributed by atoms with Crippen LogP contribution in [-0.4, -0.2) is 15.7 Å². The molecule has 4 aromatic rings. The molecule has 0 saturated heterocycles. The van der Waals surface area contributed by atoms with Gasteiger partial charge in [-0.05, 0) is 49.4 Å². The maximum Gasteiger partial charge on any atom is 0.346 e. The van der Waals surface area contributed by atoms with Gasteiger partial charge in [0.2, 0.25) is 5.88 Å². The smallest absolute Gasteiger partial charge is 0.346 e. The summed E-state index contributed by atoms with van der Waals surface area (Å²) in [4.78, 5) is 14.7. The SMILES string of the molecule is Cc1nn(-c2ccccc2)c(OC(=O)c2cc(Cl)ccc2Cl)c1Sc1ccccc1. The summed E-state index contributed by atoms with van der Waals surface area (Å²) in [5.74, 6) is -0.275. The molecule has 1 aromatic heterocycles. The summed E-state index contributed by atoms with van der Waals surface area (Å²) >= 11 is 13.7. The molecule has 150 valence electrons. The summed E-state index contributed by atoms with van der Waals surface area (Å²) in [5.41, 5.74) is 1.71. The molecule has 0 aliphatic carbocycles. The first-order valence-corrected chi connectivity index (χ1v) is 10.7. The number of ether oxygens (including phenoxy) is 1. The highest BCUT2D eigenvalue weighted by molar-refractivity contribution is 7.99. The average Bonchev–Trinajstić information content (AvgIpc) is 3.06. The number of carbonyl (C=O) groups is 1. The topological polar surface area (TPSA) is 44.1 Å². The first-order chi connectivity index (χ1) is 14.5. The highest BCUT2D eigenvalue weighted by atomic mass is 35.5. The maximum atomic E-state index is 13.0. The molecule has 0 aliphatic rings. The van der Waals surface area contributed by atoms with Crippen LogP contribution in [0.2, 0.25) is 10.0 Å². The fourth-order valence-corrected chi connectivity index (χ4v) is 4.15. The molecular formula is C23H16Cl2N2O2S. The Hall–Kier alpha value is -2.73. The van der Waals surface area contributed by atoms with Gasteiger partial charge in [0.25, 0.3) is 0 Å². The first kappa shape index (κ1) is 20.5. The number of halogens is 2. The van der Waals surface area contributed by atoms with Gasteiger partial charge >= 0.3 is 5.97 Å². The van der Waals surface area contributed by atoms with Gasteiger partial charge in [0.1, 0.15) is 0 Å². The number of benzene rings is 3. The number of aryl methyl sites for hydroxylation is 1. The van der Waals surface area contributed by atoms with E-state index >= 15 is 0 Å². The van der Waals surface area contributed by atoms with Crippen LogP contribution in [0.3, 0.4) is 0 Å². The van der Waals surface area contributed by atoms with Crippen molar-refractivity contribution >= 4 is 40.9 Å². The summed E-state index contributed by atoms with van der Waals surface area (Å²) in [5, 5.41) is 5.29. The quantitative estimate of drug-likeness (QED) is 0.309. The van der Waals surface area contributed by atoms with Crippen molar-refractivity contribution in [3.8, 4) is 11.6 Å². The molecule has 3 aromatic carbocycles. The molecule has 0 amide bonds. The van der Waals surface area contributed by atoms with Crippen LogP contribution in [-0.2, 0) is 0 Å². The van der Waals surface area contributed by atoms with E-state index in [0.29, 0.717) is 10.9 Å². The minimum Gasteiger partial charge on any atom is -0.402 e. The van der Waals surface area contributed by atoms with Crippen molar-refractivity contribution in [1.82, 2.24) is 9.78 Å². The fraction of sp³-hybridized carbons (Fsp3) is 0.0435. The number of para-hydroxylation sites is 1. The molecule has 7 heteroatoms. The Labute approximate surface area is 188 Å². The fourth-order valence-electron chi connectivity index (χ4n) is 2.85. The van der Waals surface area contributed by atoms with Crippen LogP contribution >= 0.6 is 35.0 Å². The van der Waals surface area contributed by atoms with E-state index in [4.69, 9.17) is 27.9 Å². The summed E-state index contributed by atoms with van der Waals surface area (Å²) in [6.07, 6.45) is 0. The molecule has 0 aliphatic heterocycles. The molecule has 30 heavy (non-hydrogen) atoms. The number of rotatable bonds is 5. The van der Waals surface area contributed by atoms with Gasteiger partial charge in [0.15, 0.2) is 0 Å². The highest BCUT2D eigenvalue weighted by Crippen LogP contribution is 2.39. The van der Waals surface area contributed by atoms with Gasteiger partial charge < -0.3 is 4.74 Å². The van der Waals surface area contributed by atoms with E-state index in [0.717, 1.165) is 21.2 Å². The second-order valence-electron chi connectivity index (χ2n) is 6.40. The van der Waals surface area contributed by atoms with E-state index in [1.807, 2.05) is 67.6 Å². The van der Waals surface area contributed by atoms with Gasteiger partial charge in [-0.3, -0.25) is 0 Å². The van der Waals surface area contributed by atoms with Gasteiger partial charge in [-0.15, -0.1) is 0 Å². The summed E-state index contributed by atoms with van der Waals surface area (Å²) < 4.78 is 7.47. The van der Waals surface area contributed by atoms with E-state index < -0.39 is 5.97 Å². The highest BCUT2D eigenvalue weighted by Gasteiger charge is 2.24. The van der Waals surface area contributed by atoms with E-state index in [1.54, 1.807) is 16.8 Å². The van der Waals surface area contributed by atoms with Gasteiger partial charge in [-0.2, -0.15) is 9.78 Å². The molecule has 0 radical (unpaired) electrons. The zero-order chi connectivity index (χ0) is 21.1. The third-order valence-electron chi connectivity index (χ3n) is 4.27. The molecule has 1 heterocycles. The minimum atomic E-state index is -0.602. The lowest BCUT2D eigenvalue weighted by molar-refractivity contribution is 0.0718. The predicted octanol–water partition coefficient (Wildman–Crippen LogP) is 6.86. The number of hydrogen-bond donors (Lipinski definition) is 0. The van der Waals surface area contributed by atoms with Crippen molar-refractivity contribution in [3.63, 3.8) is 0 Å². The van der Waals surface area contributed by atoms with Gasteiger partial charge in [-0.25, -0.2) is 4.79 Å². The van der Waals surface area contributed by atoms with Crippen LogP contribution in [0, 0.1) is 6.92 Å². The Morgan fingerprint density at radius 1 is 0.967 bits per heavy atom. The molecule has 0 fully saturated rings. The lowest BCUT2D eigenvalue weighted by Crippen LogP contribution is -2.13. The van der Waals surface area contributed by atoms with Crippen LogP contribution in [0.25, 0.3) is 5.69 Å². The molecule has 4 nitrogen and oxygen atoms in total. The van der Waals surface area contributed by atoms with Crippen molar-refractivity contribution < 1.29 is 9.53 Å². The number of aromatic nitrogens is 2. The molecule has 0 atom stereocenters. The summed E-state index contributed by atoms with van der Waals surface area (Å²) in [6.45, 7) is 1.88. The van der Waals surface area contributed by atoms with E-state index in [2.05, 4.69) is 5.10 Å². The largest absolute Gasteiger partial charge is 0.402 e. The first-order valence-electron chi connectivity index (χ1n) is 9.08. The van der Waals surface area contributed by atoms with Crippen molar-refractivity contribution in [3.05, 3.63) is 100 Å². The lowest BCUT2D eigenvalue weighted by atomic mass is 10.2. The van der Waals surface area contributed by atoms with Gasteiger partial charge in [0, 0.05) is 9.92 Å². The zero-order valence-electron chi connectivity index (χ0n) is 15.9. The van der Waals surface area contributed by atoms with E-state index in [1.165, 1.54) is 17.8 Å². The van der Waals surface area contributed by atoms with Gasteiger partial charge in [0.05, 0.1) is 26.9 Å². The van der Waals surface area contributed by atoms with Crippen molar-refractivity contribution in [2.45, 2.75) is 16.7 Å². The normalized spacial score (nSPS) is 10.8. The Morgan fingerprint density at radius 2 is 1.63 bits per heavy atom. The number of hydrogen-bond acceptors (Lipinski definition) is 4. The number of esters is 1. The van der Waals surface area contributed by atoms with E-state index in [9.17, 15) is 4.79 Å². The molecule has 0 unspecified atom stereocenters. The van der Waals surface area contributed by atoms with Crippen LogP contribution < -0.4 is 4.74 Å². The molecule has 0 spiro atoms. The third-order valence-corrected chi connectivity index (χ3v) is 6.01. The summed E-state index contributed by atoms with van der Waals surface area (Å²) in [7, 11) is 0. The number of carbonyl (C=O) groups excluding carboxylic acids is 1. The lowest BCUT2D eigenvalue weighted by Gasteiger charge is -2.11. The van der Waals surface area contributed by atoms with Crippen LogP contribution in [0.15, 0.2) is 88.7 Å². The molecule has 0 saturated carbocycles.